The van der Waals surface area contributed by atoms with E-state index in [9.17, 15) is 4.79 Å². The summed E-state index contributed by atoms with van der Waals surface area (Å²) in [6.45, 7) is 0.952. The van der Waals surface area contributed by atoms with Crippen molar-refractivity contribution in [3.63, 3.8) is 0 Å². The predicted molar refractivity (Wildman–Crippen MR) is 125 cm³/mol. The minimum Gasteiger partial charge on any atom is -0.457 e. The number of halogens is 2. The number of nitrogens with zero attached hydrogens (tertiary/aromatic N) is 2. The maximum absolute atomic E-state index is 13.0. The van der Waals surface area contributed by atoms with E-state index in [1.54, 1.807) is 37.4 Å². The molecule has 0 unspecified atom stereocenters. The molecule has 1 heterocycles. The molecule has 4 rings (SSSR count). The highest BCUT2D eigenvalue weighted by Gasteiger charge is 2.13. The van der Waals surface area contributed by atoms with Gasteiger partial charge in [0.2, 0.25) is 0 Å². The minimum atomic E-state index is -0.376. The Morgan fingerprint density at radius 2 is 1.81 bits per heavy atom. The molecule has 0 fully saturated rings. The molecule has 0 saturated carbocycles. The van der Waals surface area contributed by atoms with Gasteiger partial charge in [0.25, 0.3) is 5.91 Å². The van der Waals surface area contributed by atoms with Crippen LogP contribution in [0.1, 0.15) is 10.4 Å². The number of fused-ring (bicyclic) bond motifs is 1. The van der Waals surface area contributed by atoms with Gasteiger partial charge in [0.1, 0.15) is 11.5 Å². The molecule has 5 nitrogen and oxygen atoms in total. The van der Waals surface area contributed by atoms with Gasteiger partial charge in [-0.15, -0.1) is 0 Å². The number of methoxy groups -OCH3 is 1. The van der Waals surface area contributed by atoms with Crippen molar-refractivity contribution in [2.45, 2.75) is 6.54 Å². The van der Waals surface area contributed by atoms with Gasteiger partial charge in [0.15, 0.2) is 4.80 Å². The number of carbonyl (C=O) groups excluding carboxylic acids is 1. The van der Waals surface area contributed by atoms with Crippen LogP contribution in [0.3, 0.4) is 0 Å². The molecule has 3 aromatic carbocycles. The summed E-state index contributed by atoms with van der Waals surface area (Å²) < 4.78 is 13.8. The first-order chi connectivity index (χ1) is 15.0. The van der Waals surface area contributed by atoms with Crippen molar-refractivity contribution in [3.05, 3.63) is 87.1 Å². The molecule has 0 N–H and O–H groups in total. The van der Waals surface area contributed by atoms with E-state index in [0.29, 0.717) is 45.1 Å². The van der Waals surface area contributed by atoms with Crippen molar-refractivity contribution in [3.8, 4) is 11.5 Å². The second-order valence-corrected chi connectivity index (χ2v) is 8.48. The summed E-state index contributed by atoms with van der Waals surface area (Å²) in [5, 5.41) is 1.03. The number of amides is 1. The maximum atomic E-state index is 13.0. The molecule has 8 heteroatoms. The van der Waals surface area contributed by atoms with E-state index in [4.69, 9.17) is 32.7 Å². The second kappa shape index (κ2) is 9.66. The van der Waals surface area contributed by atoms with Crippen LogP contribution in [0, 0.1) is 0 Å². The average molecular weight is 473 g/mol. The van der Waals surface area contributed by atoms with E-state index in [1.807, 2.05) is 41.0 Å². The first-order valence-electron chi connectivity index (χ1n) is 9.44. The fraction of sp³-hybridized carbons (Fsp3) is 0.130. The van der Waals surface area contributed by atoms with Crippen LogP contribution in [0.4, 0.5) is 0 Å². The Morgan fingerprint density at radius 1 is 1.03 bits per heavy atom. The zero-order valence-electron chi connectivity index (χ0n) is 16.5. The van der Waals surface area contributed by atoms with Crippen molar-refractivity contribution >= 4 is 50.7 Å². The molecule has 0 spiro atoms. The number of para-hydroxylation sites is 1. The molecule has 0 saturated heterocycles. The first kappa shape index (κ1) is 21.6. The molecule has 0 bridgehead atoms. The maximum Gasteiger partial charge on any atom is 0.279 e. The lowest BCUT2D eigenvalue weighted by molar-refractivity contribution is 0.0997. The second-order valence-electron chi connectivity index (χ2n) is 6.62. The van der Waals surface area contributed by atoms with Crippen LogP contribution in [-0.4, -0.2) is 24.2 Å². The lowest BCUT2D eigenvalue weighted by atomic mass is 10.2. The van der Waals surface area contributed by atoms with Gasteiger partial charge in [0, 0.05) is 24.2 Å². The molecule has 1 amide bonds. The van der Waals surface area contributed by atoms with Gasteiger partial charge in [-0.3, -0.25) is 4.79 Å². The molecular formula is C23H18Cl2N2O3S. The number of hydrogen-bond acceptors (Lipinski definition) is 4. The van der Waals surface area contributed by atoms with Crippen LogP contribution < -0.4 is 9.54 Å². The Labute approximate surface area is 193 Å². The Morgan fingerprint density at radius 3 is 2.58 bits per heavy atom. The Bertz CT molecular complexity index is 1300. The molecule has 31 heavy (non-hydrogen) atoms. The van der Waals surface area contributed by atoms with Crippen molar-refractivity contribution in [1.82, 2.24) is 4.57 Å². The molecule has 0 radical (unpaired) electrons. The molecular weight excluding hydrogens is 455 g/mol. The highest BCUT2D eigenvalue weighted by molar-refractivity contribution is 7.16. The molecule has 1 aromatic heterocycles. The summed E-state index contributed by atoms with van der Waals surface area (Å²) in [5.41, 5.74) is 1.20. The quantitative estimate of drug-likeness (QED) is 0.336. The minimum absolute atomic E-state index is 0.376. The number of ether oxygens (including phenoxy) is 2. The first-order valence-corrected chi connectivity index (χ1v) is 11.0. The Kier molecular flexibility index (Phi) is 6.73. The smallest absolute Gasteiger partial charge is 0.279 e. The number of hydrogen-bond donors (Lipinski definition) is 0. The van der Waals surface area contributed by atoms with Crippen molar-refractivity contribution < 1.29 is 14.3 Å². The topological polar surface area (TPSA) is 52.8 Å². The zero-order chi connectivity index (χ0) is 21.8. The normalized spacial score (nSPS) is 11.8. The van der Waals surface area contributed by atoms with Crippen LogP contribution in [0.15, 0.2) is 71.7 Å². The highest BCUT2D eigenvalue weighted by Crippen LogP contribution is 2.30. The third-order valence-corrected chi connectivity index (χ3v) is 6.00. The number of thiazole rings is 1. The van der Waals surface area contributed by atoms with Crippen molar-refractivity contribution in [1.29, 1.82) is 0 Å². The number of rotatable bonds is 6. The monoisotopic (exact) mass is 472 g/mol. The molecule has 0 aliphatic heterocycles. The molecule has 0 aliphatic rings. The molecule has 0 aliphatic carbocycles. The lowest BCUT2D eigenvalue weighted by Gasteiger charge is -2.07. The number of aromatic nitrogens is 1. The third-order valence-electron chi connectivity index (χ3n) is 4.47. The molecule has 4 aromatic rings. The number of benzene rings is 3. The summed E-state index contributed by atoms with van der Waals surface area (Å²) in [6.07, 6.45) is 0. The van der Waals surface area contributed by atoms with Crippen LogP contribution in [0.5, 0.6) is 11.5 Å². The summed E-state index contributed by atoms with van der Waals surface area (Å²) in [6, 6.07) is 19.8. The zero-order valence-corrected chi connectivity index (χ0v) is 18.9. The van der Waals surface area contributed by atoms with Gasteiger partial charge in [0.05, 0.1) is 21.8 Å². The van der Waals surface area contributed by atoms with E-state index in [2.05, 4.69) is 4.99 Å². The highest BCUT2D eigenvalue weighted by atomic mass is 35.5. The average Bonchev–Trinajstić information content (AvgIpc) is 3.10. The van der Waals surface area contributed by atoms with Crippen LogP contribution in [0.2, 0.25) is 10.0 Å². The summed E-state index contributed by atoms with van der Waals surface area (Å²) in [4.78, 5) is 17.8. The lowest BCUT2D eigenvalue weighted by Crippen LogP contribution is -2.19. The Hall–Kier alpha value is -2.64. The van der Waals surface area contributed by atoms with Crippen LogP contribution in [0.25, 0.3) is 10.2 Å². The van der Waals surface area contributed by atoms with Gasteiger partial charge in [-0.1, -0.05) is 58.8 Å². The summed E-state index contributed by atoms with van der Waals surface area (Å²) in [7, 11) is 1.62. The Balaban J connectivity index is 1.72. The third kappa shape index (κ3) is 4.99. The van der Waals surface area contributed by atoms with Gasteiger partial charge >= 0.3 is 0 Å². The van der Waals surface area contributed by atoms with Gasteiger partial charge in [-0.25, -0.2) is 0 Å². The fourth-order valence-electron chi connectivity index (χ4n) is 3.07. The molecule has 158 valence electrons. The van der Waals surface area contributed by atoms with Crippen molar-refractivity contribution in [2.75, 3.05) is 13.7 Å². The van der Waals surface area contributed by atoms with E-state index >= 15 is 0 Å². The van der Waals surface area contributed by atoms with E-state index in [1.165, 1.54) is 11.3 Å². The largest absolute Gasteiger partial charge is 0.457 e. The fourth-order valence-corrected chi connectivity index (χ4v) is 4.91. The van der Waals surface area contributed by atoms with Crippen LogP contribution >= 0.6 is 34.5 Å². The SMILES string of the molecule is COCCn1c(=NC(=O)c2cccc(Oc3ccccc3)c2)sc2cc(Cl)cc(Cl)c21. The summed E-state index contributed by atoms with van der Waals surface area (Å²) in [5.74, 6) is 0.876. The van der Waals surface area contributed by atoms with Crippen LogP contribution in [-0.2, 0) is 11.3 Å². The van der Waals surface area contributed by atoms with E-state index in [-0.39, 0.29) is 5.91 Å². The van der Waals surface area contributed by atoms with Gasteiger partial charge in [-0.2, -0.15) is 4.99 Å². The van der Waals surface area contributed by atoms with Crippen molar-refractivity contribution in [2.24, 2.45) is 4.99 Å². The van der Waals surface area contributed by atoms with Gasteiger partial charge in [-0.05, 0) is 42.5 Å². The standard InChI is InChI=1S/C23H18Cl2N2O3S/c1-29-11-10-27-21-19(25)13-16(24)14-20(21)31-23(27)26-22(28)15-6-5-9-18(12-15)30-17-7-3-2-4-8-17/h2-9,12-14H,10-11H2,1H3. The van der Waals surface area contributed by atoms with E-state index in [0.717, 1.165) is 10.2 Å². The summed E-state index contributed by atoms with van der Waals surface area (Å²) >= 11 is 13.9. The number of carbonyl (C=O) groups is 1. The van der Waals surface area contributed by atoms with E-state index < -0.39 is 0 Å². The predicted octanol–water partition coefficient (Wildman–Crippen LogP) is 6.19. The van der Waals surface area contributed by atoms with Gasteiger partial charge < -0.3 is 14.0 Å². The molecule has 0 atom stereocenters.